The highest BCUT2D eigenvalue weighted by atomic mass is 16.5. The molecule has 0 aliphatic heterocycles. The number of amidine groups is 1. The van der Waals surface area contributed by atoms with E-state index in [2.05, 4.69) is 25.9 Å². The van der Waals surface area contributed by atoms with Gasteiger partial charge in [0.15, 0.2) is 0 Å². The molecule has 1 saturated carbocycles. The van der Waals surface area contributed by atoms with Crippen LogP contribution in [0, 0.1) is 23.7 Å². The van der Waals surface area contributed by atoms with Gasteiger partial charge in [-0.05, 0) is 30.6 Å². The zero-order valence-electron chi connectivity index (χ0n) is 12.1. The highest BCUT2D eigenvalue weighted by Crippen LogP contribution is 2.35. The van der Waals surface area contributed by atoms with Crippen LogP contribution in [0.2, 0.25) is 0 Å². The number of ether oxygens (including phenoxy) is 1. The van der Waals surface area contributed by atoms with Crippen molar-refractivity contribution < 1.29 is 9.94 Å². The Kier molecular flexibility index (Phi) is 5.93. The Morgan fingerprint density at radius 2 is 2.06 bits per heavy atom. The molecule has 0 saturated heterocycles. The molecule has 4 unspecified atom stereocenters. The molecular formula is C14H28N2O2. The molecule has 1 rings (SSSR count). The number of oxime groups is 1. The first kappa shape index (κ1) is 15.3. The molecule has 0 aromatic rings. The van der Waals surface area contributed by atoms with Crippen molar-refractivity contribution in [2.24, 2.45) is 34.6 Å². The van der Waals surface area contributed by atoms with Crippen LogP contribution in [0.1, 0.15) is 47.0 Å². The third kappa shape index (κ3) is 4.16. The van der Waals surface area contributed by atoms with Gasteiger partial charge in [0.25, 0.3) is 0 Å². The Morgan fingerprint density at radius 1 is 1.39 bits per heavy atom. The Bertz CT molecular complexity index is 279. The van der Waals surface area contributed by atoms with Gasteiger partial charge in [0.05, 0.1) is 12.7 Å². The van der Waals surface area contributed by atoms with E-state index in [0.29, 0.717) is 24.5 Å². The number of hydrogen-bond acceptors (Lipinski definition) is 3. The summed E-state index contributed by atoms with van der Waals surface area (Å²) >= 11 is 0. The molecule has 4 atom stereocenters. The molecule has 0 heterocycles. The van der Waals surface area contributed by atoms with Crippen molar-refractivity contribution in [1.29, 1.82) is 0 Å². The van der Waals surface area contributed by atoms with E-state index in [0.717, 1.165) is 12.3 Å². The van der Waals surface area contributed by atoms with Crippen molar-refractivity contribution in [2.45, 2.75) is 53.1 Å². The summed E-state index contributed by atoms with van der Waals surface area (Å²) in [6, 6.07) is 0. The van der Waals surface area contributed by atoms with Gasteiger partial charge in [-0.3, -0.25) is 0 Å². The molecule has 0 aromatic heterocycles. The van der Waals surface area contributed by atoms with Crippen molar-refractivity contribution in [3.05, 3.63) is 0 Å². The van der Waals surface area contributed by atoms with Crippen molar-refractivity contribution in [1.82, 2.24) is 0 Å². The molecule has 4 heteroatoms. The van der Waals surface area contributed by atoms with Crippen LogP contribution in [0.25, 0.3) is 0 Å². The quantitative estimate of drug-likeness (QED) is 0.344. The van der Waals surface area contributed by atoms with Gasteiger partial charge in [-0.15, -0.1) is 0 Å². The molecule has 0 amide bonds. The van der Waals surface area contributed by atoms with Crippen LogP contribution in [-0.2, 0) is 4.74 Å². The molecule has 1 aliphatic carbocycles. The van der Waals surface area contributed by atoms with Crippen molar-refractivity contribution in [3.63, 3.8) is 0 Å². The van der Waals surface area contributed by atoms with Crippen LogP contribution in [-0.4, -0.2) is 23.8 Å². The Balaban J connectivity index is 2.51. The lowest BCUT2D eigenvalue weighted by Gasteiger charge is -2.37. The standard InChI is InChI=1S/C14H28N2O2/c1-9(2)12-6-5-10(3)7-13(12)18-8-11(4)14(15)16-17/h9-13,17H,5-8H2,1-4H3,(H2,15,16). The van der Waals surface area contributed by atoms with Gasteiger partial charge in [0.2, 0.25) is 0 Å². The van der Waals surface area contributed by atoms with Gasteiger partial charge in [-0.25, -0.2) is 0 Å². The summed E-state index contributed by atoms with van der Waals surface area (Å²) in [6.07, 6.45) is 4.01. The first-order valence-corrected chi connectivity index (χ1v) is 7.04. The Hall–Kier alpha value is -0.770. The molecule has 0 radical (unpaired) electrons. The number of nitrogens with zero attached hydrogens (tertiary/aromatic N) is 1. The van der Waals surface area contributed by atoms with E-state index < -0.39 is 0 Å². The maximum atomic E-state index is 8.63. The second-order valence-corrected chi connectivity index (χ2v) is 6.12. The summed E-state index contributed by atoms with van der Waals surface area (Å²) in [5.41, 5.74) is 5.57. The Labute approximate surface area is 111 Å². The van der Waals surface area contributed by atoms with E-state index in [9.17, 15) is 0 Å². The van der Waals surface area contributed by atoms with Crippen LogP contribution in [0.5, 0.6) is 0 Å². The maximum Gasteiger partial charge on any atom is 0.144 e. The number of rotatable bonds is 5. The van der Waals surface area contributed by atoms with Crippen LogP contribution >= 0.6 is 0 Å². The predicted octanol–water partition coefficient (Wildman–Crippen LogP) is 2.85. The minimum absolute atomic E-state index is 0.0277. The van der Waals surface area contributed by atoms with Gasteiger partial charge in [0.1, 0.15) is 5.84 Å². The lowest BCUT2D eigenvalue weighted by Crippen LogP contribution is -2.36. The molecule has 0 aromatic carbocycles. The zero-order valence-corrected chi connectivity index (χ0v) is 12.1. The van der Waals surface area contributed by atoms with E-state index in [1.54, 1.807) is 0 Å². The SMILES string of the molecule is CC1CCC(C(C)C)C(OCC(C)/C(N)=N/O)C1. The zero-order chi connectivity index (χ0) is 13.7. The maximum absolute atomic E-state index is 8.63. The fourth-order valence-corrected chi connectivity index (χ4v) is 2.76. The molecule has 4 nitrogen and oxygen atoms in total. The summed E-state index contributed by atoms with van der Waals surface area (Å²) in [6.45, 7) is 9.29. The molecule has 0 spiro atoms. The van der Waals surface area contributed by atoms with E-state index in [1.165, 1.54) is 12.8 Å². The molecule has 3 N–H and O–H groups in total. The summed E-state index contributed by atoms with van der Waals surface area (Å²) in [5.74, 6) is 2.26. The largest absolute Gasteiger partial charge is 0.409 e. The highest BCUT2D eigenvalue weighted by molar-refractivity contribution is 5.81. The summed E-state index contributed by atoms with van der Waals surface area (Å²) < 4.78 is 6.04. The van der Waals surface area contributed by atoms with Crippen LogP contribution in [0.4, 0.5) is 0 Å². The lowest BCUT2D eigenvalue weighted by molar-refractivity contribution is -0.0437. The van der Waals surface area contributed by atoms with Gasteiger partial charge >= 0.3 is 0 Å². The van der Waals surface area contributed by atoms with Gasteiger partial charge < -0.3 is 15.7 Å². The average molecular weight is 256 g/mol. The topological polar surface area (TPSA) is 67.8 Å². The molecule has 18 heavy (non-hydrogen) atoms. The molecule has 1 aliphatic rings. The van der Waals surface area contributed by atoms with Crippen molar-refractivity contribution in [3.8, 4) is 0 Å². The summed E-state index contributed by atoms with van der Waals surface area (Å²) in [4.78, 5) is 0. The molecule has 1 fully saturated rings. The van der Waals surface area contributed by atoms with Crippen LogP contribution in [0.15, 0.2) is 5.16 Å². The second-order valence-electron chi connectivity index (χ2n) is 6.12. The van der Waals surface area contributed by atoms with Crippen molar-refractivity contribution in [2.75, 3.05) is 6.61 Å². The fraction of sp³-hybridized carbons (Fsp3) is 0.929. The smallest absolute Gasteiger partial charge is 0.144 e. The van der Waals surface area contributed by atoms with E-state index >= 15 is 0 Å². The van der Waals surface area contributed by atoms with Gasteiger partial charge in [-0.2, -0.15) is 0 Å². The molecular weight excluding hydrogens is 228 g/mol. The number of nitrogens with two attached hydrogens (primary N) is 1. The third-order valence-corrected chi connectivity index (χ3v) is 4.14. The van der Waals surface area contributed by atoms with Gasteiger partial charge in [-0.1, -0.05) is 39.3 Å². The number of hydrogen-bond donors (Lipinski definition) is 2. The van der Waals surface area contributed by atoms with Crippen molar-refractivity contribution >= 4 is 5.84 Å². The fourth-order valence-electron chi connectivity index (χ4n) is 2.76. The van der Waals surface area contributed by atoms with E-state index in [4.69, 9.17) is 15.7 Å². The first-order chi connectivity index (χ1) is 8.45. The highest BCUT2D eigenvalue weighted by Gasteiger charge is 2.31. The molecule has 106 valence electrons. The minimum atomic E-state index is -0.0277. The summed E-state index contributed by atoms with van der Waals surface area (Å²) in [5, 5.41) is 11.7. The normalized spacial score (nSPS) is 31.6. The third-order valence-electron chi connectivity index (χ3n) is 4.14. The predicted molar refractivity (Wildman–Crippen MR) is 73.7 cm³/mol. The lowest BCUT2D eigenvalue weighted by atomic mass is 9.75. The summed E-state index contributed by atoms with van der Waals surface area (Å²) in [7, 11) is 0. The van der Waals surface area contributed by atoms with Crippen LogP contribution in [0.3, 0.4) is 0 Å². The average Bonchev–Trinajstić information content (AvgIpc) is 2.34. The second kappa shape index (κ2) is 6.98. The monoisotopic (exact) mass is 256 g/mol. The minimum Gasteiger partial charge on any atom is -0.409 e. The van der Waals surface area contributed by atoms with Crippen LogP contribution < -0.4 is 5.73 Å². The van der Waals surface area contributed by atoms with Gasteiger partial charge in [0, 0.05) is 5.92 Å². The molecule has 0 bridgehead atoms. The van der Waals surface area contributed by atoms with E-state index in [-0.39, 0.29) is 11.8 Å². The first-order valence-electron chi connectivity index (χ1n) is 7.04. The Morgan fingerprint density at radius 3 is 2.61 bits per heavy atom. The van der Waals surface area contributed by atoms with E-state index in [1.807, 2.05) is 6.92 Å².